The van der Waals surface area contributed by atoms with Crippen molar-refractivity contribution in [1.82, 2.24) is 0 Å². The van der Waals surface area contributed by atoms with Crippen LogP contribution in [0.4, 0.5) is 21.5 Å². The van der Waals surface area contributed by atoms with E-state index >= 15 is 0 Å². The number of halogens is 2. The Balaban J connectivity index is 2.02. The number of nitro benzene ring substituents is 1. The monoisotopic (exact) mass is 462 g/mol. The van der Waals surface area contributed by atoms with Crippen LogP contribution in [0.15, 0.2) is 76.7 Å². The van der Waals surface area contributed by atoms with E-state index in [9.17, 15) is 22.9 Å². The summed E-state index contributed by atoms with van der Waals surface area (Å²) in [5.74, 6) is -0.498. The van der Waals surface area contributed by atoms with E-state index in [-0.39, 0.29) is 27.7 Å². The van der Waals surface area contributed by atoms with Crippen LogP contribution in [0.5, 0.6) is 0 Å². The molecule has 0 amide bonds. The Hall–Kier alpha value is -3.50. The normalized spacial score (nSPS) is 11.8. The van der Waals surface area contributed by atoms with Gasteiger partial charge in [-0.15, -0.1) is 0 Å². The highest BCUT2D eigenvalue weighted by atomic mass is 35.5. The van der Waals surface area contributed by atoms with E-state index in [1.807, 2.05) is 0 Å². The highest BCUT2D eigenvalue weighted by Gasteiger charge is 2.23. The minimum atomic E-state index is -4.29. The van der Waals surface area contributed by atoms with Gasteiger partial charge >= 0.3 is 0 Å². The molecule has 2 N–H and O–H groups in total. The molecule has 160 valence electrons. The van der Waals surface area contributed by atoms with Crippen molar-refractivity contribution in [3.05, 3.63) is 93.2 Å². The number of para-hydroxylation sites is 1. The van der Waals surface area contributed by atoms with Crippen molar-refractivity contribution in [2.24, 2.45) is 5.10 Å². The molecule has 8 nitrogen and oxygen atoms in total. The van der Waals surface area contributed by atoms with Gasteiger partial charge in [0.15, 0.2) is 0 Å². The van der Waals surface area contributed by atoms with Crippen LogP contribution in [0.3, 0.4) is 0 Å². The average molecular weight is 463 g/mol. The van der Waals surface area contributed by atoms with E-state index in [0.29, 0.717) is 0 Å². The molecule has 0 bridgehead atoms. The van der Waals surface area contributed by atoms with Crippen LogP contribution in [0.2, 0.25) is 5.02 Å². The Morgan fingerprint density at radius 1 is 1.06 bits per heavy atom. The molecule has 0 aliphatic carbocycles. The van der Waals surface area contributed by atoms with Gasteiger partial charge in [0.2, 0.25) is 0 Å². The van der Waals surface area contributed by atoms with Crippen LogP contribution in [-0.2, 0) is 10.0 Å². The van der Waals surface area contributed by atoms with Gasteiger partial charge in [0.05, 0.1) is 27.0 Å². The molecule has 0 spiro atoms. The van der Waals surface area contributed by atoms with Crippen LogP contribution in [-0.4, -0.2) is 19.1 Å². The lowest BCUT2D eigenvalue weighted by Crippen LogP contribution is -2.15. The molecule has 0 saturated heterocycles. The van der Waals surface area contributed by atoms with Crippen molar-refractivity contribution in [2.45, 2.75) is 11.8 Å². The number of anilines is 2. The Kier molecular flexibility index (Phi) is 6.52. The third-order valence-electron chi connectivity index (χ3n) is 4.19. The van der Waals surface area contributed by atoms with E-state index in [0.717, 1.165) is 12.1 Å². The molecule has 0 heterocycles. The zero-order valence-electron chi connectivity index (χ0n) is 16.0. The smallest absolute Gasteiger partial charge is 0.270 e. The lowest BCUT2D eigenvalue weighted by atomic mass is 10.1. The standard InChI is InChI=1S/C20H16ClFN4O4S/c1-13(15-6-2-4-8-17(15)22)23-24-19-11-10-14(26(27)28)12-20(19)31(29,30)25-18-9-5-3-7-16(18)21/h2-12,24-25H,1H3. The first kappa shape index (κ1) is 22.2. The van der Waals surface area contributed by atoms with Crippen molar-refractivity contribution in [2.75, 3.05) is 10.1 Å². The van der Waals surface area contributed by atoms with Gasteiger partial charge in [0.25, 0.3) is 15.7 Å². The zero-order chi connectivity index (χ0) is 22.6. The van der Waals surface area contributed by atoms with Gasteiger partial charge < -0.3 is 0 Å². The molecular weight excluding hydrogens is 447 g/mol. The highest BCUT2D eigenvalue weighted by Crippen LogP contribution is 2.30. The van der Waals surface area contributed by atoms with E-state index in [2.05, 4.69) is 15.2 Å². The fourth-order valence-electron chi connectivity index (χ4n) is 2.64. The zero-order valence-corrected chi connectivity index (χ0v) is 17.6. The molecule has 0 saturated carbocycles. The number of non-ortho nitro benzene ring substituents is 1. The largest absolute Gasteiger partial charge is 0.278 e. The minimum absolute atomic E-state index is 0.0409. The minimum Gasteiger partial charge on any atom is -0.278 e. The molecule has 31 heavy (non-hydrogen) atoms. The number of hydrogen-bond acceptors (Lipinski definition) is 6. The maximum absolute atomic E-state index is 14.0. The first-order valence-electron chi connectivity index (χ1n) is 8.80. The van der Waals surface area contributed by atoms with E-state index in [1.165, 1.54) is 43.3 Å². The molecule has 0 fully saturated rings. The molecule has 0 aromatic heterocycles. The third-order valence-corrected chi connectivity index (χ3v) is 5.93. The van der Waals surface area contributed by atoms with Crippen molar-refractivity contribution in [1.29, 1.82) is 0 Å². The Morgan fingerprint density at radius 3 is 2.42 bits per heavy atom. The topological polar surface area (TPSA) is 114 Å². The number of sulfonamides is 1. The predicted octanol–water partition coefficient (Wildman–Crippen LogP) is 5.02. The Bertz CT molecular complexity index is 1280. The molecule has 3 aromatic rings. The van der Waals surface area contributed by atoms with Crippen LogP contribution < -0.4 is 10.1 Å². The van der Waals surface area contributed by atoms with E-state index in [4.69, 9.17) is 11.6 Å². The van der Waals surface area contributed by atoms with Crippen molar-refractivity contribution in [3.8, 4) is 0 Å². The second kappa shape index (κ2) is 9.11. The Morgan fingerprint density at radius 2 is 1.74 bits per heavy atom. The van der Waals surface area contributed by atoms with Gasteiger partial charge in [-0.25, -0.2) is 12.8 Å². The maximum Gasteiger partial charge on any atom is 0.270 e. The van der Waals surface area contributed by atoms with Gasteiger partial charge in [0, 0.05) is 17.7 Å². The van der Waals surface area contributed by atoms with Crippen LogP contribution in [0.25, 0.3) is 0 Å². The number of rotatable bonds is 7. The summed E-state index contributed by atoms with van der Waals surface area (Å²) in [7, 11) is -4.29. The van der Waals surface area contributed by atoms with Crippen molar-refractivity contribution >= 4 is 44.4 Å². The lowest BCUT2D eigenvalue weighted by molar-refractivity contribution is -0.385. The maximum atomic E-state index is 14.0. The first-order chi connectivity index (χ1) is 14.7. The number of nitrogens with one attached hydrogen (secondary N) is 2. The fourth-order valence-corrected chi connectivity index (χ4v) is 4.14. The Labute approximate surface area is 182 Å². The molecule has 0 unspecified atom stereocenters. The second-order valence-corrected chi connectivity index (χ2v) is 8.37. The number of hydrogen-bond donors (Lipinski definition) is 2. The lowest BCUT2D eigenvalue weighted by Gasteiger charge is -2.13. The summed E-state index contributed by atoms with van der Waals surface area (Å²) in [6, 6.07) is 15.3. The molecule has 0 aliphatic heterocycles. The summed E-state index contributed by atoms with van der Waals surface area (Å²) in [6.45, 7) is 1.53. The van der Waals surface area contributed by atoms with Gasteiger partial charge in [-0.3, -0.25) is 20.3 Å². The molecule has 0 radical (unpaired) electrons. The molecule has 3 rings (SSSR count). The van der Waals surface area contributed by atoms with Crippen LogP contribution in [0, 0.1) is 15.9 Å². The summed E-state index contributed by atoms with van der Waals surface area (Å²) >= 11 is 6.02. The summed E-state index contributed by atoms with van der Waals surface area (Å²) in [6.07, 6.45) is 0. The summed E-state index contributed by atoms with van der Waals surface area (Å²) in [4.78, 5) is 10.0. The molecule has 3 aromatic carbocycles. The second-order valence-electron chi connectivity index (χ2n) is 6.31. The molecule has 0 aliphatic rings. The number of nitro groups is 1. The van der Waals surface area contributed by atoms with E-state index in [1.54, 1.807) is 18.2 Å². The summed E-state index contributed by atoms with van der Waals surface area (Å²) in [5.41, 5.74) is 2.66. The number of nitrogens with zero attached hydrogens (tertiary/aromatic N) is 2. The summed E-state index contributed by atoms with van der Waals surface area (Å²) in [5, 5.41) is 15.4. The highest BCUT2D eigenvalue weighted by molar-refractivity contribution is 7.93. The molecule has 0 atom stereocenters. The fraction of sp³-hybridized carbons (Fsp3) is 0.0500. The van der Waals surface area contributed by atoms with Crippen LogP contribution >= 0.6 is 11.6 Å². The van der Waals surface area contributed by atoms with Crippen LogP contribution in [0.1, 0.15) is 12.5 Å². The van der Waals surface area contributed by atoms with Gasteiger partial charge in [0.1, 0.15) is 10.7 Å². The van der Waals surface area contributed by atoms with Crippen molar-refractivity contribution < 1.29 is 17.7 Å². The van der Waals surface area contributed by atoms with Gasteiger partial charge in [-0.1, -0.05) is 41.9 Å². The van der Waals surface area contributed by atoms with Gasteiger partial charge in [-0.05, 0) is 31.2 Å². The number of hydrazone groups is 1. The molecule has 11 heteroatoms. The summed E-state index contributed by atoms with van der Waals surface area (Å²) < 4.78 is 42.2. The van der Waals surface area contributed by atoms with Gasteiger partial charge in [-0.2, -0.15) is 5.10 Å². The number of benzene rings is 3. The third kappa shape index (κ3) is 5.16. The predicted molar refractivity (Wildman–Crippen MR) is 118 cm³/mol. The first-order valence-corrected chi connectivity index (χ1v) is 10.7. The van der Waals surface area contributed by atoms with Crippen molar-refractivity contribution in [3.63, 3.8) is 0 Å². The molecular formula is C20H16ClFN4O4S. The SMILES string of the molecule is CC(=NNc1ccc([N+](=O)[O-])cc1S(=O)(=O)Nc1ccccc1Cl)c1ccccc1F. The van der Waals surface area contributed by atoms with E-state index < -0.39 is 31.3 Å². The quantitative estimate of drug-likeness (QED) is 0.290. The average Bonchev–Trinajstić information content (AvgIpc) is 2.73.